The molecule has 94 valence electrons. The second kappa shape index (κ2) is 6.82. The molecule has 1 aromatic heterocycles. The Bertz CT molecular complexity index is 351. The molecule has 0 fully saturated rings. The van der Waals surface area contributed by atoms with E-state index in [9.17, 15) is 4.79 Å². The van der Waals surface area contributed by atoms with Crippen molar-refractivity contribution in [2.75, 3.05) is 25.6 Å². The first-order valence-electron chi connectivity index (χ1n) is 5.27. The van der Waals surface area contributed by atoms with Crippen molar-refractivity contribution in [1.82, 2.24) is 4.98 Å². The second-order valence-electron chi connectivity index (χ2n) is 3.50. The van der Waals surface area contributed by atoms with Gasteiger partial charge in [-0.3, -0.25) is 4.79 Å². The molecule has 3 N–H and O–H groups in total. The number of hydrogen-bond acceptors (Lipinski definition) is 5. The molecule has 6 heteroatoms. The molecule has 0 aliphatic rings. The van der Waals surface area contributed by atoms with Crippen LogP contribution in [0.5, 0.6) is 5.88 Å². The van der Waals surface area contributed by atoms with Gasteiger partial charge in [0.2, 0.25) is 11.8 Å². The molecular formula is C11H17N3O3. The second-order valence-corrected chi connectivity index (χ2v) is 3.50. The van der Waals surface area contributed by atoms with Crippen LogP contribution >= 0.6 is 0 Å². The van der Waals surface area contributed by atoms with Crippen molar-refractivity contribution >= 4 is 11.6 Å². The lowest BCUT2D eigenvalue weighted by molar-refractivity contribution is -0.117. The molecule has 17 heavy (non-hydrogen) atoms. The van der Waals surface area contributed by atoms with Gasteiger partial charge in [0.15, 0.2) is 0 Å². The molecule has 0 radical (unpaired) electrons. The Morgan fingerprint density at radius 1 is 1.53 bits per heavy atom. The van der Waals surface area contributed by atoms with Crippen LogP contribution in [0.4, 0.5) is 5.69 Å². The summed E-state index contributed by atoms with van der Waals surface area (Å²) in [5, 5.41) is 2.63. The van der Waals surface area contributed by atoms with E-state index in [2.05, 4.69) is 10.3 Å². The monoisotopic (exact) mass is 239 g/mol. The number of ether oxygens (including phenoxy) is 2. The number of pyridine rings is 1. The molecule has 1 rings (SSSR count). The minimum absolute atomic E-state index is 0.250. The van der Waals surface area contributed by atoms with Crippen LogP contribution in [0.1, 0.15) is 6.92 Å². The predicted octanol–water partition coefficient (Wildman–Crippen LogP) is 0.392. The van der Waals surface area contributed by atoms with Crippen LogP contribution in [0.3, 0.4) is 0 Å². The molecule has 0 unspecified atom stereocenters. The lowest BCUT2D eigenvalue weighted by Crippen LogP contribution is -2.32. The number of carbonyl (C=O) groups excluding carboxylic acids is 1. The number of nitrogens with one attached hydrogen (secondary N) is 1. The van der Waals surface area contributed by atoms with Crippen molar-refractivity contribution in [3.05, 3.63) is 18.3 Å². The van der Waals surface area contributed by atoms with Crippen LogP contribution in [-0.4, -0.2) is 37.3 Å². The average molecular weight is 239 g/mol. The Kier molecular flexibility index (Phi) is 5.38. The van der Waals surface area contributed by atoms with Crippen LogP contribution in [0.25, 0.3) is 0 Å². The number of methoxy groups -OCH3 is 1. The number of hydrogen-bond donors (Lipinski definition) is 2. The van der Waals surface area contributed by atoms with E-state index in [0.717, 1.165) is 0 Å². The Morgan fingerprint density at radius 2 is 2.29 bits per heavy atom. The maximum absolute atomic E-state index is 11.3. The molecule has 0 bridgehead atoms. The van der Waals surface area contributed by atoms with E-state index < -0.39 is 6.04 Å². The molecule has 6 nitrogen and oxygen atoms in total. The van der Waals surface area contributed by atoms with Crippen LogP contribution in [0.2, 0.25) is 0 Å². The highest BCUT2D eigenvalue weighted by molar-refractivity contribution is 5.94. The fourth-order valence-corrected chi connectivity index (χ4v) is 1.03. The van der Waals surface area contributed by atoms with Gasteiger partial charge in [0.25, 0.3) is 0 Å². The van der Waals surface area contributed by atoms with Gasteiger partial charge in [-0.1, -0.05) is 0 Å². The Hall–Kier alpha value is -1.66. The lowest BCUT2D eigenvalue weighted by Gasteiger charge is -2.08. The standard InChI is InChI=1S/C11H17N3O3/c1-8(12)11(15)14-9-3-4-10(13-7-9)17-6-5-16-2/h3-4,7-8H,5-6,12H2,1-2H3,(H,14,15)/t8-/m1/s1. The molecule has 0 aliphatic carbocycles. The summed E-state index contributed by atoms with van der Waals surface area (Å²) >= 11 is 0. The van der Waals surface area contributed by atoms with E-state index in [4.69, 9.17) is 15.2 Å². The van der Waals surface area contributed by atoms with E-state index in [1.54, 1.807) is 26.2 Å². The molecule has 0 saturated carbocycles. The first-order chi connectivity index (χ1) is 8.13. The first kappa shape index (κ1) is 13.4. The lowest BCUT2D eigenvalue weighted by atomic mass is 10.3. The van der Waals surface area contributed by atoms with Crippen molar-refractivity contribution in [1.29, 1.82) is 0 Å². The molecule has 1 aromatic rings. The van der Waals surface area contributed by atoms with Gasteiger partial charge in [-0.2, -0.15) is 0 Å². The number of nitrogens with zero attached hydrogens (tertiary/aromatic N) is 1. The highest BCUT2D eigenvalue weighted by Crippen LogP contribution is 2.11. The first-order valence-corrected chi connectivity index (χ1v) is 5.27. The highest BCUT2D eigenvalue weighted by Gasteiger charge is 2.07. The zero-order valence-corrected chi connectivity index (χ0v) is 9.97. The van der Waals surface area contributed by atoms with Gasteiger partial charge in [-0.15, -0.1) is 0 Å². The molecule has 1 atom stereocenters. The number of rotatable bonds is 6. The molecule has 0 spiro atoms. The molecule has 1 amide bonds. The summed E-state index contributed by atoms with van der Waals surface area (Å²) in [5.74, 6) is 0.237. The van der Waals surface area contributed by atoms with Crippen molar-refractivity contribution in [2.24, 2.45) is 5.73 Å². The Morgan fingerprint density at radius 3 is 2.82 bits per heavy atom. The van der Waals surface area contributed by atoms with Gasteiger partial charge in [-0.05, 0) is 13.0 Å². The van der Waals surface area contributed by atoms with Crippen molar-refractivity contribution < 1.29 is 14.3 Å². The quantitative estimate of drug-likeness (QED) is 0.701. The number of carbonyl (C=O) groups is 1. The summed E-state index contributed by atoms with van der Waals surface area (Å²) in [6.45, 7) is 2.56. The van der Waals surface area contributed by atoms with Gasteiger partial charge in [0, 0.05) is 13.2 Å². The van der Waals surface area contributed by atoms with Gasteiger partial charge < -0.3 is 20.5 Å². The molecule has 1 heterocycles. The summed E-state index contributed by atoms with van der Waals surface area (Å²) in [6.07, 6.45) is 1.52. The largest absolute Gasteiger partial charge is 0.475 e. The highest BCUT2D eigenvalue weighted by atomic mass is 16.5. The summed E-state index contributed by atoms with van der Waals surface area (Å²) in [7, 11) is 1.60. The third-order valence-corrected chi connectivity index (χ3v) is 1.95. The minimum Gasteiger partial charge on any atom is -0.475 e. The number of amides is 1. The van der Waals surface area contributed by atoms with Crippen molar-refractivity contribution in [3.63, 3.8) is 0 Å². The summed E-state index contributed by atoms with van der Waals surface area (Å²) < 4.78 is 10.1. The third-order valence-electron chi connectivity index (χ3n) is 1.95. The average Bonchev–Trinajstić information content (AvgIpc) is 2.31. The van der Waals surface area contributed by atoms with E-state index in [1.165, 1.54) is 6.20 Å². The van der Waals surface area contributed by atoms with Crippen LogP contribution in [0.15, 0.2) is 18.3 Å². The normalized spacial score (nSPS) is 11.9. The van der Waals surface area contributed by atoms with Gasteiger partial charge >= 0.3 is 0 Å². The summed E-state index contributed by atoms with van der Waals surface area (Å²) in [6, 6.07) is 2.83. The zero-order valence-electron chi connectivity index (χ0n) is 9.97. The number of nitrogens with two attached hydrogens (primary N) is 1. The maximum Gasteiger partial charge on any atom is 0.241 e. The Labute approximate surface area is 100 Å². The SMILES string of the molecule is COCCOc1ccc(NC(=O)[C@@H](C)N)cn1. The van der Waals surface area contributed by atoms with Crippen molar-refractivity contribution in [2.45, 2.75) is 13.0 Å². The topological polar surface area (TPSA) is 86.5 Å². The van der Waals surface area contributed by atoms with Gasteiger partial charge in [0.05, 0.1) is 24.5 Å². The molecule has 0 aliphatic heterocycles. The van der Waals surface area contributed by atoms with Crippen LogP contribution in [0, 0.1) is 0 Å². The number of aromatic nitrogens is 1. The fraction of sp³-hybridized carbons (Fsp3) is 0.455. The minimum atomic E-state index is -0.548. The summed E-state index contributed by atoms with van der Waals surface area (Å²) in [5.41, 5.74) is 6.01. The van der Waals surface area contributed by atoms with E-state index in [0.29, 0.717) is 24.8 Å². The van der Waals surface area contributed by atoms with Gasteiger partial charge in [-0.25, -0.2) is 4.98 Å². The molecular weight excluding hydrogens is 222 g/mol. The smallest absolute Gasteiger partial charge is 0.241 e. The van der Waals surface area contributed by atoms with Gasteiger partial charge in [0.1, 0.15) is 6.61 Å². The predicted molar refractivity (Wildman–Crippen MR) is 63.9 cm³/mol. The maximum atomic E-state index is 11.3. The molecule has 0 saturated heterocycles. The summed E-state index contributed by atoms with van der Waals surface area (Å²) in [4.78, 5) is 15.3. The molecule has 0 aromatic carbocycles. The van der Waals surface area contributed by atoms with Crippen LogP contribution < -0.4 is 15.8 Å². The van der Waals surface area contributed by atoms with E-state index in [-0.39, 0.29) is 5.91 Å². The fourth-order valence-electron chi connectivity index (χ4n) is 1.03. The van der Waals surface area contributed by atoms with E-state index >= 15 is 0 Å². The van der Waals surface area contributed by atoms with Crippen LogP contribution in [-0.2, 0) is 9.53 Å². The zero-order chi connectivity index (χ0) is 12.7. The Balaban J connectivity index is 2.47. The number of anilines is 1. The van der Waals surface area contributed by atoms with E-state index in [1.807, 2.05) is 0 Å². The third kappa shape index (κ3) is 4.80. The van der Waals surface area contributed by atoms with Crippen molar-refractivity contribution in [3.8, 4) is 5.88 Å².